The molecule has 13 heavy (non-hydrogen) atoms. The summed E-state index contributed by atoms with van der Waals surface area (Å²) < 4.78 is 0.968. The first-order valence-corrected chi connectivity index (χ1v) is 5.27. The molecule has 0 heterocycles. The molecule has 0 unspecified atom stereocenters. The molecule has 0 saturated carbocycles. The minimum Gasteiger partial charge on any atom is -0.398 e. The number of hydrogen-bond acceptors (Lipinski definition) is 2. The van der Waals surface area contributed by atoms with Crippen molar-refractivity contribution in [3.05, 3.63) is 28.2 Å². The van der Waals surface area contributed by atoms with Gasteiger partial charge in [0.15, 0.2) is 0 Å². The number of benzene rings is 1. The zero-order valence-electron chi connectivity index (χ0n) is 7.59. The Kier molecular flexibility index (Phi) is 4.25. The van der Waals surface area contributed by atoms with Crippen molar-refractivity contribution in [3.63, 3.8) is 0 Å². The van der Waals surface area contributed by atoms with Crippen molar-refractivity contribution >= 4 is 21.6 Å². The van der Waals surface area contributed by atoms with Crippen LogP contribution in [0.2, 0.25) is 0 Å². The summed E-state index contributed by atoms with van der Waals surface area (Å²) in [6.07, 6.45) is 3.28. The number of nitrogen functional groups attached to an aromatic ring is 1. The van der Waals surface area contributed by atoms with Gasteiger partial charge in [0.2, 0.25) is 0 Å². The molecule has 1 aromatic carbocycles. The van der Waals surface area contributed by atoms with Crippen molar-refractivity contribution in [1.82, 2.24) is 0 Å². The molecule has 72 valence electrons. The van der Waals surface area contributed by atoms with Crippen molar-refractivity contribution in [1.29, 1.82) is 0 Å². The summed E-state index contributed by atoms with van der Waals surface area (Å²) >= 11 is 3.37. The van der Waals surface area contributed by atoms with E-state index in [1.54, 1.807) is 0 Å². The Bertz CT molecular complexity index is 274. The van der Waals surface area contributed by atoms with Gasteiger partial charge in [-0.15, -0.1) is 0 Å². The third kappa shape index (κ3) is 3.36. The Labute approximate surface area is 87.4 Å². The van der Waals surface area contributed by atoms with Crippen LogP contribution in [0.1, 0.15) is 18.4 Å². The van der Waals surface area contributed by atoms with Gasteiger partial charge in [-0.25, -0.2) is 0 Å². The minimum absolute atomic E-state index is 0.770. The van der Waals surface area contributed by atoms with Gasteiger partial charge < -0.3 is 11.5 Å². The van der Waals surface area contributed by atoms with Crippen LogP contribution in [-0.4, -0.2) is 6.54 Å². The maximum atomic E-state index is 5.75. The molecule has 1 rings (SSSR count). The molecular weight excluding hydrogens is 228 g/mol. The van der Waals surface area contributed by atoms with Crippen LogP contribution in [0.4, 0.5) is 5.69 Å². The van der Waals surface area contributed by atoms with Crippen molar-refractivity contribution in [3.8, 4) is 0 Å². The lowest BCUT2D eigenvalue weighted by Crippen LogP contribution is -1.99. The van der Waals surface area contributed by atoms with E-state index in [0.717, 1.165) is 36.0 Å². The fourth-order valence-electron chi connectivity index (χ4n) is 1.22. The van der Waals surface area contributed by atoms with Crippen molar-refractivity contribution < 1.29 is 0 Å². The molecule has 0 atom stereocenters. The van der Waals surface area contributed by atoms with E-state index in [2.05, 4.69) is 22.0 Å². The standard InChI is InChI=1S/C10H15BrN2/c11-9-5-4-8(7-10(9)13)3-1-2-6-12/h4-5,7H,1-3,6,12-13H2. The molecule has 0 fully saturated rings. The van der Waals surface area contributed by atoms with Crippen LogP contribution in [0.3, 0.4) is 0 Å². The number of aryl methyl sites for hydroxylation is 1. The second-order valence-electron chi connectivity index (χ2n) is 3.10. The number of hydrogen-bond donors (Lipinski definition) is 2. The summed E-state index contributed by atoms with van der Waals surface area (Å²) in [5.74, 6) is 0. The molecule has 1 aromatic rings. The lowest BCUT2D eigenvalue weighted by molar-refractivity contribution is 0.745. The van der Waals surface area contributed by atoms with Crippen LogP contribution < -0.4 is 11.5 Å². The molecule has 0 aliphatic rings. The highest BCUT2D eigenvalue weighted by molar-refractivity contribution is 9.10. The Hall–Kier alpha value is -0.540. The molecule has 0 spiro atoms. The molecule has 3 heteroatoms. The van der Waals surface area contributed by atoms with E-state index in [4.69, 9.17) is 11.5 Å². The monoisotopic (exact) mass is 242 g/mol. The molecule has 0 saturated heterocycles. The predicted octanol–water partition coefficient (Wildman–Crippen LogP) is 2.31. The Balaban J connectivity index is 2.53. The van der Waals surface area contributed by atoms with Crippen LogP contribution in [-0.2, 0) is 6.42 Å². The fraction of sp³-hybridized carbons (Fsp3) is 0.400. The van der Waals surface area contributed by atoms with Crippen LogP contribution in [0.5, 0.6) is 0 Å². The first-order valence-electron chi connectivity index (χ1n) is 4.48. The first-order chi connectivity index (χ1) is 6.24. The van der Waals surface area contributed by atoms with Crippen molar-refractivity contribution in [2.75, 3.05) is 12.3 Å². The molecule has 0 bridgehead atoms. The number of halogens is 1. The summed E-state index contributed by atoms with van der Waals surface area (Å²) in [6.45, 7) is 0.770. The largest absolute Gasteiger partial charge is 0.398 e. The smallest absolute Gasteiger partial charge is 0.0461 e. The normalized spacial score (nSPS) is 10.3. The summed E-state index contributed by atoms with van der Waals surface area (Å²) in [4.78, 5) is 0. The lowest BCUT2D eigenvalue weighted by atomic mass is 10.1. The van der Waals surface area contributed by atoms with Gasteiger partial charge in [0.05, 0.1) is 0 Å². The van der Waals surface area contributed by atoms with Crippen molar-refractivity contribution in [2.24, 2.45) is 5.73 Å². The van der Waals surface area contributed by atoms with Gasteiger partial charge in [0, 0.05) is 10.2 Å². The van der Waals surface area contributed by atoms with E-state index in [1.165, 1.54) is 5.56 Å². The molecule has 4 N–H and O–H groups in total. The summed E-state index contributed by atoms with van der Waals surface area (Å²) in [5, 5.41) is 0. The Morgan fingerprint density at radius 1 is 1.23 bits per heavy atom. The summed E-state index contributed by atoms with van der Waals surface area (Å²) in [5.41, 5.74) is 13.3. The zero-order valence-corrected chi connectivity index (χ0v) is 9.18. The zero-order chi connectivity index (χ0) is 9.68. The molecule has 0 radical (unpaired) electrons. The molecular formula is C10H15BrN2. The van der Waals surface area contributed by atoms with Gasteiger partial charge in [0.25, 0.3) is 0 Å². The van der Waals surface area contributed by atoms with Crippen LogP contribution in [0.15, 0.2) is 22.7 Å². The average molecular weight is 243 g/mol. The molecule has 0 aliphatic heterocycles. The SMILES string of the molecule is NCCCCc1ccc(Br)c(N)c1. The third-order valence-electron chi connectivity index (χ3n) is 1.98. The maximum Gasteiger partial charge on any atom is 0.0461 e. The third-order valence-corrected chi connectivity index (χ3v) is 2.70. The van der Waals surface area contributed by atoms with E-state index < -0.39 is 0 Å². The van der Waals surface area contributed by atoms with Gasteiger partial charge in [0.1, 0.15) is 0 Å². The van der Waals surface area contributed by atoms with E-state index in [9.17, 15) is 0 Å². The minimum atomic E-state index is 0.770. The highest BCUT2D eigenvalue weighted by Crippen LogP contribution is 2.20. The molecule has 0 aromatic heterocycles. The van der Waals surface area contributed by atoms with E-state index >= 15 is 0 Å². The number of rotatable bonds is 4. The van der Waals surface area contributed by atoms with Gasteiger partial charge in [-0.2, -0.15) is 0 Å². The topological polar surface area (TPSA) is 52.0 Å². The number of nitrogens with two attached hydrogens (primary N) is 2. The van der Waals surface area contributed by atoms with Gasteiger partial charge in [-0.05, 0) is 59.4 Å². The second-order valence-corrected chi connectivity index (χ2v) is 3.96. The fourth-order valence-corrected chi connectivity index (χ4v) is 1.47. The van der Waals surface area contributed by atoms with E-state index in [0.29, 0.717) is 0 Å². The summed E-state index contributed by atoms with van der Waals surface area (Å²) in [7, 11) is 0. The van der Waals surface area contributed by atoms with Gasteiger partial charge >= 0.3 is 0 Å². The molecule has 0 aliphatic carbocycles. The van der Waals surface area contributed by atoms with Crippen LogP contribution >= 0.6 is 15.9 Å². The van der Waals surface area contributed by atoms with Crippen molar-refractivity contribution in [2.45, 2.75) is 19.3 Å². The Morgan fingerprint density at radius 3 is 2.62 bits per heavy atom. The number of unbranched alkanes of at least 4 members (excludes halogenated alkanes) is 1. The van der Waals surface area contributed by atoms with E-state index in [1.807, 2.05) is 12.1 Å². The highest BCUT2D eigenvalue weighted by atomic mass is 79.9. The van der Waals surface area contributed by atoms with Gasteiger partial charge in [-0.1, -0.05) is 6.07 Å². The lowest BCUT2D eigenvalue weighted by Gasteiger charge is -2.03. The molecule has 2 nitrogen and oxygen atoms in total. The quantitative estimate of drug-likeness (QED) is 0.629. The van der Waals surface area contributed by atoms with E-state index in [-0.39, 0.29) is 0 Å². The predicted molar refractivity (Wildman–Crippen MR) is 60.5 cm³/mol. The average Bonchev–Trinajstić information content (AvgIpc) is 2.12. The van der Waals surface area contributed by atoms with Gasteiger partial charge in [-0.3, -0.25) is 0 Å². The number of anilines is 1. The second kappa shape index (κ2) is 5.25. The molecule has 0 amide bonds. The first kappa shape index (κ1) is 10.5. The van der Waals surface area contributed by atoms with Crippen LogP contribution in [0, 0.1) is 0 Å². The highest BCUT2D eigenvalue weighted by Gasteiger charge is 1.97. The Morgan fingerprint density at radius 2 is 2.00 bits per heavy atom. The maximum absolute atomic E-state index is 5.75. The van der Waals surface area contributed by atoms with Crippen LogP contribution in [0.25, 0.3) is 0 Å². The summed E-state index contributed by atoms with van der Waals surface area (Å²) in [6, 6.07) is 6.10.